The lowest BCUT2D eigenvalue weighted by atomic mass is 9.98. The fraction of sp³-hybridized carbons (Fsp3) is 0.520. The van der Waals surface area contributed by atoms with Crippen molar-refractivity contribution in [3.63, 3.8) is 0 Å². The van der Waals surface area contributed by atoms with Crippen molar-refractivity contribution in [2.75, 3.05) is 6.61 Å². The van der Waals surface area contributed by atoms with E-state index in [1.165, 1.54) is 17.8 Å². The third-order valence-corrected chi connectivity index (χ3v) is 6.29. The van der Waals surface area contributed by atoms with E-state index in [2.05, 4.69) is 15.9 Å². The Morgan fingerprint density at radius 1 is 1.28 bits per heavy atom. The fourth-order valence-electron chi connectivity index (χ4n) is 3.99. The van der Waals surface area contributed by atoms with Crippen LogP contribution in [0.4, 0.5) is 4.39 Å². The molecule has 1 fully saturated rings. The van der Waals surface area contributed by atoms with Crippen LogP contribution in [0.15, 0.2) is 20.0 Å². The highest BCUT2D eigenvalue weighted by Crippen LogP contribution is 2.40. The van der Waals surface area contributed by atoms with Crippen molar-refractivity contribution in [3.05, 3.63) is 40.0 Å². The maximum Gasteiger partial charge on any atom is 0.519 e. The molecule has 3 atom stereocenters. The molecule has 0 amide bonds. The number of aryl methyl sites for hydroxylation is 1. The molecule has 1 N–H and O–H groups in total. The van der Waals surface area contributed by atoms with E-state index in [1.807, 2.05) is 0 Å². The third kappa shape index (κ3) is 5.22. The highest BCUT2D eigenvalue weighted by atomic mass is 19.1. The Kier molecular flexibility index (Phi) is 7.47. The molecule has 1 aliphatic heterocycles. The standard InChI is InChI=1S/C25H28FN5O8/c1-7-25(10-35-21(32)12(2)3)16(38-22(33)13(4)5)8-17(39-25)31-11-28-18-19(27)30(23(26)29-20(18)31)9-15-14(6)36-24(34)37-15/h1,11-13,16-17,27H,8-10H2,2-6H3/t16-,17+,25+/m0/s1. The van der Waals surface area contributed by atoms with Gasteiger partial charge in [0, 0.05) is 6.42 Å². The molecule has 208 valence electrons. The lowest BCUT2D eigenvalue weighted by Crippen LogP contribution is -2.46. The molecule has 3 aromatic heterocycles. The number of halogens is 1. The number of imidazole rings is 1. The van der Waals surface area contributed by atoms with Crippen LogP contribution >= 0.6 is 0 Å². The number of hydrogen-bond acceptors (Lipinski definition) is 11. The summed E-state index contributed by atoms with van der Waals surface area (Å²) >= 11 is 0. The van der Waals surface area contributed by atoms with Gasteiger partial charge in [-0.2, -0.15) is 9.37 Å². The van der Waals surface area contributed by atoms with E-state index < -0.39 is 53.6 Å². The quantitative estimate of drug-likeness (QED) is 0.251. The minimum absolute atomic E-state index is 0.0121. The van der Waals surface area contributed by atoms with E-state index in [0.717, 1.165) is 4.57 Å². The monoisotopic (exact) mass is 545 g/mol. The van der Waals surface area contributed by atoms with Gasteiger partial charge in [-0.25, -0.2) is 9.78 Å². The average molecular weight is 546 g/mol. The zero-order chi connectivity index (χ0) is 28.6. The van der Waals surface area contributed by atoms with Crippen molar-refractivity contribution < 1.29 is 37.0 Å². The second-order valence-corrected chi connectivity index (χ2v) is 9.76. The molecular formula is C25H28FN5O8. The van der Waals surface area contributed by atoms with Crippen LogP contribution in [0.3, 0.4) is 0 Å². The maximum absolute atomic E-state index is 15.1. The van der Waals surface area contributed by atoms with Crippen molar-refractivity contribution in [3.8, 4) is 12.3 Å². The average Bonchev–Trinajstić information content (AvgIpc) is 3.55. The summed E-state index contributed by atoms with van der Waals surface area (Å²) in [6.45, 7) is 7.38. The molecule has 0 unspecified atom stereocenters. The number of carbonyl (C=O) groups is 2. The Balaban J connectivity index is 1.70. The number of ether oxygens (including phenoxy) is 3. The van der Waals surface area contributed by atoms with Crippen LogP contribution in [0, 0.1) is 42.6 Å². The van der Waals surface area contributed by atoms with E-state index in [9.17, 15) is 14.4 Å². The summed E-state index contributed by atoms with van der Waals surface area (Å²) in [5, 5.41) is 8.49. The SMILES string of the molecule is C#C[C@]1(COC(=O)C(C)C)O[C@@H](n2cnc3c(=N)n(Cc4oc(=O)oc4C)c(F)nc32)C[C@@H]1OC(=O)C(C)C. The zero-order valence-corrected chi connectivity index (χ0v) is 22.0. The first kappa shape index (κ1) is 27.8. The van der Waals surface area contributed by atoms with Gasteiger partial charge in [0.1, 0.15) is 24.7 Å². The molecule has 14 heteroatoms. The Morgan fingerprint density at radius 2 is 1.97 bits per heavy atom. The Hall–Kier alpha value is -4.25. The zero-order valence-electron chi connectivity index (χ0n) is 22.0. The lowest BCUT2D eigenvalue weighted by Gasteiger charge is -2.29. The van der Waals surface area contributed by atoms with Crippen molar-refractivity contribution in [1.29, 1.82) is 5.41 Å². The third-order valence-electron chi connectivity index (χ3n) is 6.29. The predicted molar refractivity (Wildman–Crippen MR) is 129 cm³/mol. The van der Waals surface area contributed by atoms with E-state index in [0.29, 0.717) is 0 Å². The number of nitrogens with zero attached hydrogens (tertiary/aromatic N) is 4. The van der Waals surface area contributed by atoms with Gasteiger partial charge in [0.2, 0.25) is 5.60 Å². The van der Waals surface area contributed by atoms with E-state index in [-0.39, 0.29) is 47.7 Å². The number of fused-ring (bicyclic) bond motifs is 1. The summed E-state index contributed by atoms with van der Waals surface area (Å²) < 4.78 is 44.2. The molecule has 0 bridgehead atoms. The maximum atomic E-state index is 15.1. The highest BCUT2D eigenvalue weighted by molar-refractivity contribution is 5.72. The van der Waals surface area contributed by atoms with Gasteiger partial charge in [-0.05, 0) is 6.92 Å². The molecule has 1 aliphatic rings. The summed E-state index contributed by atoms with van der Waals surface area (Å²) in [5.41, 5.74) is -2.01. The van der Waals surface area contributed by atoms with Crippen LogP contribution in [0.5, 0.6) is 0 Å². The lowest BCUT2D eigenvalue weighted by molar-refractivity contribution is -0.170. The van der Waals surface area contributed by atoms with E-state index >= 15 is 4.39 Å². The Bertz CT molecular complexity index is 1580. The molecule has 0 spiro atoms. The van der Waals surface area contributed by atoms with Crippen LogP contribution in [0.25, 0.3) is 11.2 Å². The minimum Gasteiger partial charge on any atom is -0.461 e. The first-order chi connectivity index (χ1) is 18.4. The smallest absolute Gasteiger partial charge is 0.461 e. The summed E-state index contributed by atoms with van der Waals surface area (Å²) in [5.74, 6) is -0.245. The number of nitrogens with one attached hydrogen (secondary N) is 1. The van der Waals surface area contributed by atoms with Crippen LogP contribution < -0.4 is 11.3 Å². The van der Waals surface area contributed by atoms with Gasteiger partial charge >= 0.3 is 17.8 Å². The Morgan fingerprint density at radius 3 is 2.56 bits per heavy atom. The molecule has 0 saturated carbocycles. The van der Waals surface area contributed by atoms with Crippen LogP contribution in [0.1, 0.15) is 51.9 Å². The molecular weight excluding hydrogens is 517 g/mol. The van der Waals surface area contributed by atoms with Crippen molar-refractivity contribution in [2.45, 2.75) is 65.5 Å². The number of esters is 2. The molecule has 4 rings (SSSR count). The molecule has 3 aromatic rings. The molecule has 1 saturated heterocycles. The van der Waals surface area contributed by atoms with Gasteiger partial charge in [0.05, 0.1) is 24.7 Å². The number of terminal acetylenes is 1. The second kappa shape index (κ2) is 10.5. The van der Waals surface area contributed by atoms with Crippen LogP contribution in [0.2, 0.25) is 0 Å². The fourth-order valence-corrected chi connectivity index (χ4v) is 3.99. The number of carbonyl (C=O) groups excluding carboxylic acids is 2. The van der Waals surface area contributed by atoms with Gasteiger partial charge in [-0.3, -0.25) is 24.1 Å². The van der Waals surface area contributed by atoms with E-state index in [1.54, 1.807) is 27.7 Å². The van der Waals surface area contributed by atoms with Gasteiger partial charge in [-0.15, -0.1) is 6.42 Å². The summed E-state index contributed by atoms with van der Waals surface area (Å²) in [6, 6.07) is 0. The summed E-state index contributed by atoms with van der Waals surface area (Å²) in [7, 11) is 0. The summed E-state index contributed by atoms with van der Waals surface area (Å²) in [4.78, 5) is 44.1. The van der Waals surface area contributed by atoms with Gasteiger partial charge in [0.15, 0.2) is 22.4 Å². The van der Waals surface area contributed by atoms with Crippen molar-refractivity contribution in [2.24, 2.45) is 11.8 Å². The molecule has 4 heterocycles. The summed E-state index contributed by atoms with van der Waals surface area (Å²) in [6.07, 6.45) is 4.10. The van der Waals surface area contributed by atoms with Gasteiger partial charge in [0.25, 0.3) is 6.08 Å². The van der Waals surface area contributed by atoms with E-state index in [4.69, 9.17) is 34.9 Å². The largest absolute Gasteiger partial charge is 0.519 e. The number of hydrogen-bond donors (Lipinski definition) is 1. The normalized spacial score (nSPS) is 21.0. The first-order valence-electron chi connectivity index (χ1n) is 12.2. The van der Waals surface area contributed by atoms with Crippen LogP contribution in [-0.4, -0.2) is 49.4 Å². The van der Waals surface area contributed by atoms with Crippen molar-refractivity contribution in [1.82, 2.24) is 19.1 Å². The Labute approximate surface area is 221 Å². The predicted octanol–water partition coefficient (Wildman–Crippen LogP) is 1.81. The van der Waals surface area contributed by atoms with Crippen molar-refractivity contribution >= 4 is 23.1 Å². The highest BCUT2D eigenvalue weighted by Gasteiger charge is 2.52. The molecule has 13 nitrogen and oxygen atoms in total. The first-order valence-corrected chi connectivity index (χ1v) is 12.2. The number of aromatic nitrogens is 4. The minimum atomic E-state index is -1.64. The molecule has 39 heavy (non-hydrogen) atoms. The molecule has 0 radical (unpaired) electrons. The topological polar surface area (TPSA) is 165 Å². The second-order valence-electron chi connectivity index (χ2n) is 9.76. The van der Waals surface area contributed by atoms with Gasteiger partial charge < -0.3 is 23.0 Å². The molecule has 0 aliphatic carbocycles. The van der Waals surface area contributed by atoms with Gasteiger partial charge in [-0.1, -0.05) is 33.6 Å². The molecule has 0 aromatic carbocycles. The number of rotatable bonds is 8. The van der Waals surface area contributed by atoms with Crippen LogP contribution in [-0.2, 0) is 30.3 Å².